The van der Waals surface area contributed by atoms with Crippen LogP contribution in [0.1, 0.15) is 36.1 Å². The van der Waals surface area contributed by atoms with Gasteiger partial charge < -0.3 is 9.64 Å². The van der Waals surface area contributed by atoms with Crippen molar-refractivity contribution < 1.29 is 9.53 Å². The highest BCUT2D eigenvalue weighted by Crippen LogP contribution is 2.36. The van der Waals surface area contributed by atoms with E-state index in [-0.39, 0.29) is 29.2 Å². The lowest BCUT2D eigenvalue weighted by molar-refractivity contribution is -0.122. The number of rotatable bonds is 4. The van der Waals surface area contributed by atoms with Crippen LogP contribution >= 0.6 is 24.0 Å². The number of nitrogens with zero attached hydrogens (tertiary/aromatic N) is 4. The molecule has 3 heterocycles. The van der Waals surface area contributed by atoms with Crippen LogP contribution in [0.2, 0.25) is 0 Å². The number of aromatic nitrogens is 1. The van der Waals surface area contributed by atoms with Gasteiger partial charge in [-0.25, -0.2) is 0 Å². The first kappa shape index (κ1) is 24.2. The molecule has 7 nitrogen and oxygen atoms in total. The Bertz CT molecular complexity index is 1270. The van der Waals surface area contributed by atoms with Gasteiger partial charge in [0.2, 0.25) is 0 Å². The van der Waals surface area contributed by atoms with Gasteiger partial charge >= 0.3 is 0 Å². The van der Waals surface area contributed by atoms with Gasteiger partial charge in [0.05, 0.1) is 23.7 Å². The van der Waals surface area contributed by atoms with Gasteiger partial charge in [-0.15, -0.1) is 0 Å². The highest BCUT2D eigenvalue weighted by molar-refractivity contribution is 8.26. The average Bonchev–Trinajstić information content (AvgIpc) is 3.05. The summed E-state index contributed by atoms with van der Waals surface area (Å²) in [6, 6.07) is 11.7. The Labute approximate surface area is 208 Å². The molecule has 0 unspecified atom stereocenters. The maximum Gasteiger partial charge on any atom is 0.270 e. The van der Waals surface area contributed by atoms with Crippen molar-refractivity contribution in [1.29, 1.82) is 5.26 Å². The molecule has 1 aromatic heterocycles. The van der Waals surface area contributed by atoms with E-state index >= 15 is 0 Å². The fourth-order valence-corrected chi connectivity index (χ4v) is 5.72. The Kier molecular flexibility index (Phi) is 6.94. The molecule has 34 heavy (non-hydrogen) atoms. The number of anilines is 1. The summed E-state index contributed by atoms with van der Waals surface area (Å²) < 4.78 is 7.87. The fraction of sp³-hybridized carbons (Fsp3) is 0.360. The Hall–Kier alpha value is -2.93. The first-order chi connectivity index (χ1) is 16.2. The monoisotopic (exact) mass is 494 g/mol. The summed E-state index contributed by atoms with van der Waals surface area (Å²) in [5.74, 6) is 0.497. The Morgan fingerprint density at radius 2 is 1.85 bits per heavy atom. The number of benzene rings is 1. The van der Waals surface area contributed by atoms with Crippen LogP contribution in [-0.4, -0.2) is 45.0 Å². The number of pyridine rings is 1. The second-order valence-corrected chi connectivity index (χ2v) is 10.3. The third-order valence-corrected chi connectivity index (χ3v) is 7.40. The van der Waals surface area contributed by atoms with E-state index in [1.165, 1.54) is 16.3 Å². The Morgan fingerprint density at radius 1 is 1.21 bits per heavy atom. The van der Waals surface area contributed by atoms with E-state index in [0.717, 1.165) is 5.56 Å². The minimum absolute atomic E-state index is 0.0215. The van der Waals surface area contributed by atoms with E-state index in [1.54, 1.807) is 24.9 Å². The largest absolute Gasteiger partial charge is 0.372 e. The lowest BCUT2D eigenvalue weighted by Crippen LogP contribution is -2.47. The van der Waals surface area contributed by atoms with E-state index in [0.29, 0.717) is 45.8 Å². The third-order valence-electron chi connectivity index (χ3n) is 6.02. The van der Waals surface area contributed by atoms with Crippen LogP contribution in [0, 0.1) is 18.3 Å². The lowest BCUT2D eigenvalue weighted by Gasteiger charge is -2.38. The molecule has 0 radical (unpaired) electrons. The van der Waals surface area contributed by atoms with Gasteiger partial charge in [-0.3, -0.25) is 19.1 Å². The normalized spacial score (nSPS) is 21.9. The molecule has 0 N–H and O–H groups in total. The van der Waals surface area contributed by atoms with E-state index in [2.05, 4.69) is 4.90 Å². The summed E-state index contributed by atoms with van der Waals surface area (Å²) in [5.41, 5.74) is 1.95. The molecule has 2 aliphatic rings. The summed E-state index contributed by atoms with van der Waals surface area (Å²) in [6.07, 6.45) is 1.73. The molecule has 2 aliphatic heterocycles. The molecule has 2 atom stereocenters. The van der Waals surface area contributed by atoms with Crippen molar-refractivity contribution in [1.82, 2.24) is 9.47 Å². The van der Waals surface area contributed by atoms with Crippen molar-refractivity contribution in [2.45, 2.75) is 39.5 Å². The summed E-state index contributed by atoms with van der Waals surface area (Å²) in [4.78, 5) is 30.4. The second-order valence-electron chi connectivity index (χ2n) is 8.63. The number of morpholine rings is 1. The van der Waals surface area contributed by atoms with E-state index in [1.807, 2.05) is 50.2 Å². The van der Waals surface area contributed by atoms with Gasteiger partial charge in [0, 0.05) is 25.7 Å². The molecule has 2 fully saturated rings. The molecule has 0 saturated carbocycles. The van der Waals surface area contributed by atoms with Gasteiger partial charge in [-0.05, 0) is 38.0 Å². The zero-order chi connectivity index (χ0) is 24.6. The smallest absolute Gasteiger partial charge is 0.270 e. The number of thioether (sulfide) groups is 1. The number of carbonyl (C=O) groups excluding carboxylic acids is 1. The molecule has 0 spiro atoms. The van der Waals surface area contributed by atoms with Crippen LogP contribution < -0.4 is 10.5 Å². The molecule has 2 aromatic rings. The lowest BCUT2D eigenvalue weighted by atomic mass is 10.0. The first-order valence-electron chi connectivity index (χ1n) is 11.0. The Balaban J connectivity index is 1.80. The average molecular weight is 495 g/mol. The van der Waals surface area contributed by atoms with Gasteiger partial charge in [0.15, 0.2) is 0 Å². The molecule has 1 amide bonds. The molecule has 9 heteroatoms. The van der Waals surface area contributed by atoms with Crippen LogP contribution in [-0.2, 0) is 23.1 Å². The molecule has 2 saturated heterocycles. The predicted molar refractivity (Wildman–Crippen MR) is 139 cm³/mol. The summed E-state index contributed by atoms with van der Waals surface area (Å²) in [7, 11) is 1.67. The standard InChI is InChI=1S/C25H26N4O3S2/c1-15-12-28(13-16(2)32-15)22-19(17(3)20(11-26)23(30)27(22)4)10-21-24(31)29(25(33)34-21)14-18-8-6-5-7-9-18/h5-10,15-16H,12-14H2,1-4H3/b21-10-/t15-,16-/m1/s1. The molecule has 0 bridgehead atoms. The van der Waals surface area contributed by atoms with E-state index in [4.69, 9.17) is 17.0 Å². The van der Waals surface area contributed by atoms with Crippen molar-refractivity contribution in [3.8, 4) is 6.07 Å². The minimum Gasteiger partial charge on any atom is -0.372 e. The summed E-state index contributed by atoms with van der Waals surface area (Å²) in [6.45, 7) is 7.33. The van der Waals surface area contributed by atoms with Crippen LogP contribution in [0.15, 0.2) is 40.0 Å². The number of carbonyl (C=O) groups is 1. The number of hydrogen-bond donors (Lipinski definition) is 0. The third kappa shape index (κ3) is 4.53. The zero-order valence-electron chi connectivity index (χ0n) is 19.6. The zero-order valence-corrected chi connectivity index (χ0v) is 21.2. The van der Waals surface area contributed by atoms with Crippen molar-refractivity contribution in [2.24, 2.45) is 7.05 Å². The summed E-state index contributed by atoms with van der Waals surface area (Å²) in [5, 5.41) is 9.68. The van der Waals surface area contributed by atoms with Crippen LogP contribution in [0.5, 0.6) is 0 Å². The van der Waals surface area contributed by atoms with Gasteiger partial charge in [0.25, 0.3) is 11.5 Å². The molecular formula is C25H26N4O3S2. The summed E-state index contributed by atoms with van der Waals surface area (Å²) >= 11 is 6.76. The van der Waals surface area contributed by atoms with Crippen molar-refractivity contribution >= 4 is 46.1 Å². The number of hydrogen-bond acceptors (Lipinski definition) is 7. The second kappa shape index (κ2) is 9.74. The molecule has 1 aromatic carbocycles. The van der Waals surface area contributed by atoms with Crippen LogP contribution in [0.25, 0.3) is 6.08 Å². The van der Waals surface area contributed by atoms with Crippen LogP contribution in [0.3, 0.4) is 0 Å². The fourth-order valence-electron chi connectivity index (χ4n) is 4.48. The minimum atomic E-state index is -0.351. The SMILES string of the molecule is Cc1c(/C=C2\SC(=S)N(Cc3ccccc3)C2=O)c(N2C[C@@H](C)O[C@H](C)C2)n(C)c(=O)c1C#N. The molecule has 176 valence electrons. The quantitative estimate of drug-likeness (QED) is 0.475. The maximum absolute atomic E-state index is 13.3. The van der Waals surface area contributed by atoms with E-state index < -0.39 is 0 Å². The molecule has 4 rings (SSSR count). The highest BCUT2D eigenvalue weighted by Gasteiger charge is 2.34. The number of nitriles is 1. The molecule has 0 aliphatic carbocycles. The highest BCUT2D eigenvalue weighted by atomic mass is 32.2. The van der Waals surface area contributed by atoms with Crippen molar-refractivity contribution in [3.05, 3.63) is 67.8 Å². The van der Waals surface area contributed by atoms with Crippen molar-refractivity contribution in [3.63, 3.8) is 0 Å². The van der Waals surface area contributed by atoms with Crippen molar-refractivity contribution in [2.75, 3.05) is 18.0 Å². The number of amides is 1. The number of thiocarbonyl (C=S) groups is 1. The van der Waals surface area contributed by atoms with Crippen LogP contribution in [0.4, 0.5) is 5.82 Å². The number of ether oxygens (including phenoxy) is 1. The van der Waals surface area contributed by atoms with E-state index in [9.17, 15) is 14.9 Å². The topological polar surface area (TPSA) is 78.6 Å². The maximum atomic E-state index is 13.3. The molecular weight excluding hydrogens is 468 g/mol. The Morgan fingerprint density at radius 3 is 2.47 bits per heavy atom. The van der Waals surface area contributed by atoms with Gasteiger partial charge in [-0.2, -0.15) is 5.26 Å². The van der Waals surface area contributed by atoms with Gasteiger partial charge in [0.1, 0.15) is 21.8 Å². The first-order valence-corrected chi connectivity index (χ1v) is 12.3. The van der Waals surface area contributed by atoms with Gasteiger partial charge in [-0.1, -0.05) is 54.3 Å². The predicted octanol–water partition coefficient (Wildman–Crippen LogP) is 3.58.